The van der Waals surface area contributed by atoms with E-state index in [1.807, 2.05) is 79.7 Å². The number of nitrogens with zero attached hydrogens (tertiary/aromatic N) is 3. The van der Waals surface area contributed by atoms with E-state index in [1.54, 1.807) is 12.0 Å². The van der Waals surface area contributed by atoms with Gasteiger partial charge in [-0.3, -0.25) is 4.90 Å². The van der Waals surface area contributed by atoms with Gasteiger partial charge in [0, 0.05) is 17.8 Å². The SMILES string of the molecule is COc1ccc(-c2noc(C3=C(C)N(CCCc4ccccc4)C(=O)NC3c3ccccc3)n2)cc1. The van der Waals surface area contributed by atoms with E-state index >= 15 is 0 Å². The fraction of sp³-hybridized carbons (Fsp3) is 0.207. The van der Waals surface area contributed by atoms with Crippen molar-refractivity contribution in [3.8, 4) is 17.1 Å². The molecule has 3 aromatic carbocycles. The molecule has 2 heterocycles. The van der Waals surface area contributed by atoms with Gasteiger partial charge in [0.05, 0.1) is 18.7 Å². The minimum atomic E-state index is -0.395. The molecule has 1 aliphatic rings. The summed E-state index contributed by atoms with van der Waals surface area (Å²) in [4.78, 5) is 19.7. The van der Waals surface area contributed by atoms with Gasteiger partial charge in [-0.05, 0) is 55.2 Å². The topological polar surface area (TPSA) is 80.5 Å². The number of aryl methyl sites for hydroxylation is 1. The Labute approximate surface area is 210 Å². The lowest BCUT2D eigenvalue weighted by atomic mass is 9.94. The van der Waals surface area contributed by atoms with Crippen LogP contribution >= 0.6 is 0 Å². The zero-order valence-corrected chi connectivity index (χ0v) is 20.3. The van der Waals surface area contributed by atoms with Crippen molar-refractivity contribution in [2.75, 3.05) is 13.7 Å². The first-order valence-electron chi connectivity index (χ1n) is 12.0. The highest BCUT2D eigenvalue weighted by molar-refractivity contribution is 5.86. The minimum Gasteiger partial charge on any atom is -0.497 e. The standard InChI is InChI=1S/C29H28N4O3/c1-20-25(28-31-27(32-36-28)23-15-17-24(35-2)18-16-23)26(22-13-7-4-8-14-22)30-29(34)33(20)19-9-12-21-10-5-3-6-11-21/h3-8,10-11,13-18,26H,9,12,19H2,1-2H3,(H,30,34). The number of aromatic nitrogens is 2. The van der Waals surface area contributed by atoms with Gasteiger partial charge < -0.3 is 14.6 Å². The number of hydrogen-bond donors (Lipinski definition) is 1. The summed E-state index contributed by atoms with van der Waals surface area (Å²) >= 11 is 0. The number of nitrogens with one attached hydrogen (secondary N) is 1. The first-order valence-corrected chi connectivity index (χ1v) is 12.0. The third-order valence-corrected chi connectivity index (χ3v) is 6.42. The highest BCUT2D eigenvalue weighted by Crippen LogP contribution is 2.37. The summed E-state index contributed by atoms with van der Waals surface area (Å²) in [5, 5.41) is 7.39. The Balaban J connectivity index is 1.47. The second-order valence-corrected chi connectivity index (χ2v) is 8.68. The van der Waals surface area contributed by atoms with E-state index in [0.717, 1.165) is 41.0 Å². The van der Waals surface area contributed by atoms with Crippen LogP contribution in [0.15, 0.2) is 95.1 Å². The second kappa shape index (κ2) is 10.5. The number of carbonyl (C=O) groups is 1. The molecule has 182 valence electrons. The Morgan fingerprint density at radius 2 is 1.67 bits per heavy atom. The first-order chi connectivity index (χ1) is 17.6. The monoisotopic (exact) mass is 480 g/mol. The maximum atomic E-state index is 13.2. The van der Waals surface area contributed by atoms with Crippen LogP contribution in [-0.4, -0.2) is 34.7 Å². The average molecular weight is 481 g/mol. The van der Waals surface area contributed by atoms with E-state index in [4.69, 9.17) is 14.2 Å². The molecule has 1 atom stereocenters. The molecule has 5 rings (SSSR count). The highest BCUT2D eigenvalue weighted by Gasteiger charge is 2.35. The summed E-state index contributed by atoms with van der Waals surface area (Å²) in [6.07, 6.45) is 1.72. The number of ether oxygens (including phenoxy) is 1. The van der Waals surface area contributed by atoms with Crippen LogP contribution in [-0.2, 0) is 6.42 Å². The number of hydrogen-bond acceptors (Lipinski definition) is 5. The van der Waals surface area contributed by atoms with Gasteiger partial charge >= 0.3 is 6.03 Å². The number of carbonyl (C=O) groups excluding carboxylic acids is 1. The number of benzene rings is 3. The van der Waals surface area contributed by atoms with Crippen LogP contribution in [0.1, 0.15) is 36.4 Å². The zero-order valence-electron chi connectivity index (χ0n) is 20.3. The van der Waals surface area contributed by atoms with Gasteiger partial charge in [-0.1, -0.05) is 65.8 Å². The average Bonchev–Trinajstić information content (AvgIpc) is 3.41. The van der Waals surface area contributed by atoms with Gasteiger partial charge in [0.1, 0.15) is 5.75 Å². The van der Waals surface area contributed by atoms with Crippen molar-refractivity contribution >= 4 is 11.6 Å². The minimum absolute atomic E-state index is 0.131. The third kappa shape index (κ3) is 4.86. The van der Waals surface area contributed by atoms with Gasteiger partial charge in [0.2, 0.25) is 5.82 Å². The van der Waals surface area contributed by atoms with Crippen LogP contribution in [0.2, 0.25) is 0 Å². The van der Waals surface area contributed by atoms with Crippen LogP contribution in [0.3, 0.4) is 0 Å². The van der Waals surface area contributed by atoms with E-state index in [-0.39, 0.29) is 6.03 Å². The largest absolute Gasteiger partial charge is 0.497 e. The van der Waals surface area contributed by atoms with Gasteiger partial charge in [-0.2, -0.15) is 4.98 Å². The van der Waals surface area contributed by atoms with E-state index in [0.29, 0.717) is 18.3 Å². The van der Waals surface area contributed by atoms with Crippen LogP contribution < -0.4 is 10.1 Å². The number of allylic oxidation sites excluding steroid dienone is 1. The van der Waals surface area contributed by atoms with Crippen molar-refractivity contribution in [1.82, 2.24) is 20.4 Å². The normalized spacial score (nSPS) is 15.7. The van der Waals surface area contributed by atoms with Crippen LogP contribution in [0.25, 0.3) is 17.0 Å². The molecule has 36 heavy (non-hydrogen) atoms. The molecule has 0 aliphatic carbocycles. The number of rotatable bonds is 8. The molecule has 0 fully saturated rings. The fourth-order valence-corrected chi connectivity index (χ4v) is 4.50. The third-order valence-electron chi connectivity index (χ3n) is 6.42. The summed E-state index contributed by atoms with van der Waals surface area (Å²) in [7, 11) is 1.63. The molecular weight excluding hydrogens is 452 g/mol. The predicted octanol–water partition coefficient (Wildman–Crippen LogP) is 5.88. The number of amides is 2. The second-order valence-electron chi connectivity index (χ2n) is 8.68. The molecule has 0 radical (unpaired) electrons. The predicted molar refractivity (Wildman–Crippen MR) is 138 cm³/mol. The van der Waals surface area contributed by atoms with Crippen molar-refractivity contribution in [2.45, 2.75) is 25.8 Å². The van der Waals surface area contributed by atoms with E-state index in [1.165, 1.54) is 5.56 Å². The Bertz CT molecular complexity index is 1350. The number of urea groups is 1. The smallest absolute Gasteiger partial charge is 0.322 e. The van der Waals surface area contributed by atoms with Gasteiger partial charge in [-0.25, -0.2) is 4.79 Å². The van der Waals surface area contributed by atoms with Crippen LogP contribution in [0, 0.1) is 0 Å². The van der Waals surface area contributed by atoms with Gasteiger partial charge in [-0.15, -0.1) is 0 Å². The molecule has 1 unspecified atom stereocenters. The summed E-state index contributed by atoms with van der Waals surface area (Å²) in [6.45, 7) is 2.53. The summed E-state index contributed by atoms with van der Waals surface area (Å²) in [5.74, 6) is 1.62. The quantitative estimate of drug-likeness (QED) is 0.341. The molecular formula is C29H28N4O3. The lowest BCUT2D eigenvalue weighted by molar-refractivity contribution is 0.204. The summed E-state index contributed by atoms with van der Waals surface area (Å²) in [6, 6.07) is 27.1. The Kier molecular flexibility index (Phi) is 6.80. The molecule has 1 N–H and O–H groups in total. The zero-order chi connectivity index (χ0) is 24.9. The van der Waals surface area contributed by atoms with Crippen LogP contribution in [0.5, 0.6) is 5.75 Å². The molecule has 0 saturated carbocycles. The van der Waals surface area contributed by atoms with Crippen molar-refractivity contribution in [1.29, 1.82) is 0 Å². The van der Waals surface area contributed by atoms with Crippen molar-refractivity contribution < 1.29 is 14.1 Å². The van der Waals surface area contributed by atoms with Gasteiger partial charge in [0.25, 0.3) is 5.89 Å². The maximum absolute atomic E-state index is 13.2. The molecule has 0 spiro atoms. The molecule has 0 saturated heterocycles. The Morgan fingerprint density at radius 3 is 2.36 bits per heavy atom. The molecule has 4 aromatic rings. The molecule has 7 heteroatoms. The first kappa shape index (κ1) is 23.4. The number of methoxy groups -OCH3 is 1. The molecule has 0 bridgehead atoms. The highest BCUT2D eigenvalue weighted by atomic mass is 16.5. The van der Waals surface area contributed by atoms with Crippen LogP contribution in [0.4, 0.5) is 4.79 Å². The van der Waals surface area contributed by atoms with E-state index in [2.05, 4.69) is 22.6 Å². The molecule has 2 amide bonds. The van der Waals surface area contributed by atoms with Crippen molar-refractivity contribution in [3.63, 3.8) is 0 Å². The Hall–Kier alpha value is -4.39. The van der Waals surface area contributed by atoms with Crippen molar-refractivity contribution in [3.05, 3.63) is 108 Å². The van der Waals surface area contributed by atoms with Crippen molar-refractivity contribution in [2.24, 2.45) is 0 Å². The lowest BCUT2D eigenvalue weighted by Crippen LogP contribution is -2.46. The van der Waals surface area contributed by atoms with E-state index in [9.17, 15) is 4.79 Å². The lowest BCUT2D eigenvalue weighted by Gasteiger charge is -2.35. The maximum Gasteiger partial charge on any atom is 0.322 e. The van der Waals surface area contributed by atoms with E-state index < -0.39 is 6.04 Å². The molecule has 1 aliphatic heterocycles. The molecule has 7 nitrogen and oxygen atoms in total. The Morgan fingerprint density at radius 1 is 0.972 bits per heavy atom. The summed E-state index contributed by atoms with van der Waals surface area (Å²) < 4.78 is 11.0. The fourth-order valence-electron chi connectivity index (χ4n) is 4.50. The molecule has 1 aromatic heterocycles. The van der Waals surface area contributed by atoms with Gasteiger partial charge in [0.15, 0.2) is 0 Å². The summed E-state index contributed by atoms with van der Waals surface area (Å²) in [5.41, 5.74) is 4.63.